The highest BCUT2D eigenvalue weighted by Crippen LogP contribution is 2.28. The van der Waals surface area contributed by atoms with Crippen LogP contribution in [0.5, 0.6) is 0 Å². The summed E-state index contributed by atoms with van der Waals surface area (Å²) in [5.41, 5.74) is 7.87. The molecule has 1 atom stereocenters. The number of rotatable bonds is 2. The fourth-order valence-electron chi connectivity index (χ4n) is 2.07. The van der Waals surface area contributed by atoms with E-state index in [9.17, 15) is 4.39 Å². The number of allylic oxidation sites excluding steroid dienone is 1. The summed E-state index contributed by atoms with van der Waals surface area (Å²) in [6.45, 7) is 0. The molecule has 2 N–H and O–H groups in total. The fourth-order valence-corrected chi connectivity index (χ4v) is 2.07. The van der Waals surface area contributed by atoms with Crippen molar-refractivity contribution in [1.82, 2.24) is 0 Å². The zero-order valence-corrected chi connectivity index (χ0v) is 8.75. The Bertz CT molecular complexity index is 371. The predicted molar refractivity (Wildman–Crippen MR) is 59.9 cm³/mol. The first kappa shape index (κ1) is 10.4. The Hall–Kier alpha value is -1.15. The standard InChI is InChI=1S/C13H16FN/c14-12-9-5-4-8-11(12)13(15)10-6-2-1-3-7-10/h4-6,8-9,13H,1-3,7,15H2. The van der Waals surface area contributed by atoms with Gasteiger partial charge in [0.1, 0.15) is 5.82 Å². The first-order chi connectivity index (χ1) is 7.29. The van der Waals surface area contributed by atoms with E-state index >= 15 is 0 Å². The van der Waals surface area contributed by atoms with Crippen LogP contribution in [0.2, 0.25) is 0 Å². The lowest BCUT2D eigenvalue weighted by atomic mass is 9.90. The number of benzene rings is 1. The number of nitrogens with two attached hydrogens (primary N) is 1. The van der Waals surface area contributed by atoms with E-state index in [1.165, 1.54) is 24.5 Å². The first-order valence-electron chi connectivity index (χ1n) is 5.48. The van der Waals surface area contributed by atoms with Crippen LogP contribution in [0.3, 0.4) is 0 Å². The Kier molecular flexibility index (Phi) is 3.17. The van der Waals surface area contributed by atoms with Gasteiger partial charge in [-0.3, -0.25) is 0 Å². The highest BCUT2D eigenvalue weighted by atomic mass is 19.1. The van der Waals surface area contributed by atoms with Crippen molar-refractivity contribution in [2.75, 3.05) is 0 Å². The van der Waals surface area contributed by atoms with Crippen molar-refractivity contribution in [3.8, 4) is 0 Å². The largest absolute Gasteiger partial charge is 0.320 e. The highest BCUT2D eigenvalue weighted by Gasteiger charge is 2.16. The van der Waals surface area contributed by atoms with Gasteiger partial charge in [0, 0.05) is 5.56 Å². The number of halogens is 1. The van der Waals surface area contributed by atoms with Crippen LogP contribution in [0.25, 0.3) is 0 Å². The van der Waals surface area contributed by atoms with Crippen LogP contribution in [-0.2, 0) is 0 Å². The Morgan fingerprint density at radius 2 is 2.00 bits per heavy atom. The molecule has 2 heteroatoms. The van der Waals surface area contributed by atoms with Crippen LogP contribution in [0, 0.1) is 5.82 Å². The van der Waals surface area contributed by atoms with E-state index in [1.807, 2.05) is 6.07 Å². The molecule has 0 saturated carbocycles. The lowest BCUT2D eigenvalue weighted by Gasteiger charge is -2.20. The summed E-state index contributed by atoms with van der Waals surface area (Å²) in [6, 6.07) is 6.52. The minimum atomic E-state index is -0.258. The molecule has 1 aromatic carbocycles. The Balaban J connectivity index is 2.23. The molecule has 0 spiro atoms. The van der Waals surface area contributed by atoms with Gasteiger partial charge in [-0.05, 0) is 31.7 Å². The van der Waals surface area contributed by atoms with Crippen LogP contribution in [0.1, 0.15) is 37.3 Å². The second-order valence-electron chi connectivity index (χ2n) is 4.02. The van der Waals surface area contributed by atoms with Gasteiger partial charge in [-0.2, -0.15) is 0 Å². The molecule has 0 radical (unpaired) electrons. The highest BCUT2D eigenvalue weighted by molar-refractivity contribution is 5.29. The average Bonchev–Trinajstić information content (AvgIpc) is 2.30. The molecule has 15 heavy (non-hydrogen) atoms. The maximum Gasteiger partial charge on any atom is 0.128 e. The number of hydrogen-bond acceptors (Lipinski definition) is 1. The molecular weight excluding hydrogens is 189 g/mol. The molecule has 1 aromatic rings. The topological polar surface area (TPSA) is 26.0 Å². The molecule has 1 aliphatic rings. The quantitative estimate of drug-likeness (QED) is 0.736. The van der Waals surface area contributed by atoms with Gasteiger partial charge in [0.15, 0.2) is 0 Å². The van der Waals surface area contributed by atoms with E-state index in [0.29, 0.717) is 5.56 Å². The molecule has 1 aliphatic carbocycles. The molecule has 0 saturated heterocycles. The minimum absolute atomic E-state index is 0.198. The Morgan fingerprint density at radius 1 is 1.20 bits per heavy atom. The molecule has 0 amide bonds. The normalized spacial score (nSPS) is 18.4. The second-order valence-corrected chi connectivity index (χ2v) is 4.02. The van der Waals surface area contributed by atoms with Gasteiger partial charge in [0.2, 0.25) is 0 Å². The summed E-state index contributed by atoms with van der Waals surface area (Å²) in [5.74, 6) is -0.198. The van der Waals surface area contributed by atoms with Gasteiger partial charge < -0.3 is 5.73 Å². The van der Waals surface area contributed by atoms with E-state index in [4.69, 9.17) is 5.73 Å². The van der Waals surface area contributed by atoms with Crippen molar-refractivity contribution in [2.24, 2.45) is 5.73 Å². The SMILES string of the molecule is NC(C1=CCCCC1)c1ccccc1F. The van der Waals surface area contributed by atoms with Crippen molar-refractivity contribution in [1.29, 1.82) is 0 Å². The third-order valence-corrected chi connectivity index (χ3v) is 2.97. The van der Waals surface area contributed by atoms with Crippen LogP contribution < -0.4 is 5.73 Å². The maximum absolute atomic E-state index is 13.5. The molecule has 2 rings (SSSR count). The second kappa shape index (κ2) is 4.58. The summed E-state index contributed by atoms with van der Waals surface area (Å²) in [6.07, 6.45) is 6.66. The molecule has 0 fully saturated rings. The number of hydrogen-bond donors (Lipinski definition) is 1. The van der Waals surface area contributed by atoms with Crippen LogP contribution >= 0.6 is 0 Å². The van der Waals surface area contributed by atoms with Crippen LogP contribution in [0.15, 0.2) is 35.9 Å². The first-order valence-corrected chi connectivity index (χ1v) is 5.48. The van der Waals surface area contributed by atoms with Crippen molar-refractivity contribution in [2.45, 2.75) is 31.7 Å². The van der Waals surface area contributed by atoms with Crippen LogP contribution in [-0.4, -0.2) is 0 Å². The van der Waals surface area contributed by atoms with E-state index in [0.717, 1.165) is 12.8 Å². The molecule has 0 heterocycles. The van der Waals surface area contributed by atoms with Gasteiger partial charge in [-0.1, -0.05) is 29.8 Å². The average molecular weight is 205 g/mol. The lowest BCUT2D eigenvalue weighted by Crippen LogP contribution is -2.16. The van der Waals surface area contributed by atoms with Gasteiger partial charge in [0.05, 0.1) is 6.04 Å². The fraction of sp³-hybridized carbons (Fsp3) is 0.385. The summed E-state index contributed by atoms with van der Waals surface area (Å²) in [5, 5.41) is 0. The van der Waals surface area contributed by atoms with Crippen LogP contribution in [0.4, 0.5) is 4.39 Å². The summed E-state index contributed by atoms with van der Waals surface area (Å²) < 4.78 is 13.5. The maximum atomic E-state index is 13.5. The predicted octanol–water partition coefficient (Wildman–Crippen LogP) is 3.33. The summed E-state index contributed by atoms with van der Waals surface area (Å²) in [4.78, 5) is 0. The Morgan fingerprint density at radius 3 is 2.67 bits per heavy atom. The van der Waals surface area contributed by atoms with E-state index in [1.54, 1.807) is 12.1 Å². The van der Waals surface area contributed by atoms with E-state index < -0.39 is 0 Å². The zero-order valence-electron chi connectivity index (χ0n) is 8.75. The van der Waals surface area contributed by atoms with Crippen molar-refractivity contribution in [3.05, 3.63) is 47.3 Å². The molecule has 0 bridgehead atoms. The summed E-state index contributed by atoms with van der Waals surface area (Å²) in [7, 11) is 0. The van der Waals surface area contributed by atoms with Gasteiger partial charge >= 0.3 is 0 Å². The van der Waals surface area contributed by atoms with Crippen molar-refractivity contribution < 1.29 is 4.39 Å². The molecule has 1 nitrogen and oxygen atoms in total. The Labute approximate surface area is 89.8 Å². The minimum Gasteiger partial charge on any atom is -0.320 e. The monoisotopic (exact) mass is 205 g/mol. The third-order valence-electron chi connectivity index (χ3n) is 2.97. The van der Waals surface area contributed by atoms with Gasteiger partial charge in [-0.25, -0.2) is 4.39 Å². The van der Waals surface area contributed by atoms with E-state index in [2.05, 4.69) is 6.08 Å². The molecular formula is C13H16FN. The molecule has 0 aliphatic heterocycles. The third kappa shape index (κ3) is 2.26. The van der Waals surface area contributed by atoms with E-state index in [-0.39, 0.29) is 11.9 Å². The van der Waals surface area contributed by atoms with Gasteiger partial charge in [0.25, 0.3) is 0 Å². The molecule has 0 aromatic heterocycles. The lowest BCUT2D eigenvalue weighted by molar-refractivity contribution is 0.582. The molecule has 80 valence electrons. The smallest absolute Gasteiger partial charge is 0.128 e. The molecule has 1 unspecified atom stereocenters. The van der Waals surface area contributed by atoms with Crippen molar-refractivity contribution in [3.63, 3.8) is 0 Å². The zero-order chi connectivity index (χ0) is 10.7. The summed E-state index contributed by atoms with van der Waals surface area (Å²) >= 11 is 0. The van der Waals surface area contributed by atoms with Crippen molar-refractivity contribution >= 4 is 0 Å². The van der Waals surface area contributed by atoms with Gasteiger partial charge in [-0.15, -0.1) is 0 Å².